The standard InChI is InChI=1S/C13H20N2S/c1-13(2)9-10(7-8-16-13)15-12-6-4-3-5-11(12)14/h3-6,10,15H,7-9,14H2,1-2H3. The van der Waals surface area contributed by atoms with E-state index in [-0.39, 0.29) is 0 Å². The molecule has 3 N–H and O–H groups in total. The third-order valence-electron chi connectivity index (χ3n) is 3.02. The zero-order valence-corrected chi connectivity index (χ0v) is 10.8. The molecule has 3 heteroatoms. The Morgan fingerprint density at radius 2 is 2.12 bits per heavy atom. The van der Waals surface area contributed by atoms with Crippen molar-refractivity contribution < 1.29 is 0 Å². The van der Waals surface area contributed by atoms with E-state index in [1.54, 1.807) is 0 Å². The Morgan fingerprint density at radius 1 is 1.38 bits per heavy atom. The van der Waals surface area contributed by atoms with Crippen molar-refractivity contribution in [2.45, 2.75) is 37.5 Å². The lowest BCUT2D eigenvalue weighted by atomic mass is 9.99. The van der Waals surface area contributed by atoms with Gasteiger partial charge >= 0.3 is 0 Å². The Morgan fingerprint density at radius 3 is 2.81 bits per heavy atom. The topological polar surface area (TPSA) is 38.0 Å². The van der Waals surface area contributed by atoms with Crippen LogP contribution in [0.5, 0.6) is 0 Å². The molecule has 1 atom stereocenters. The lowest BCUT2D eigenvalue weighted by molar-refractivity contribution is 0.526. The molecule has 1 heterocycles. The van der Waals surface area contributed by atoms with Gasteiger partial charge in [0, 0.05) is 10.8 Å². The van der Waals surface area contributed by atoms with Crippen molar-refractivity contribution >= 4 is 23.1 Å². The molecule has 1 aromatic carbocycles. The van der Waals surface area contributed by atoms with Gasteiger partial charge in [0.2, 0.25) is 0 Å². The van der Waals surface area contributed by atoms with Gasteiger partial charge in [0.15, 0.2) is 0 Å². The molecule has 2 rings (SSSR count). The van der Waals surface area contributed by atoms with Crippen LogP contribution in [0.4, 0.5) is 11.4 Å². The van der Waals surface area contributed by atoms with Gasteiger partial charge < -0.3 is 11.1 Å². The summed E-state index contributed by atoms with van der Waals surface area (Å²) >= 11 is 2.07. The fraction of sp³-hybridized carbons (Fsp3) is 0.538. The normalized spacial score (nSPS) is 24.0. The number of hydrogen-bond acceptors (Lipinski definition) is 3. The van der Waals surface area contributed by atoms with Crippen molar-refractivity contribution in [2.75, 3.05) is 16.8 Å². The minimum absolute atomic E-state index is 0.388. The van der Waals surface area contributed by atoms with Gasteiger partial charge in [-0.15, -0.1) is 0 Å². The molecule has 1 aromatic rings. The van der Waals surface area contributed by atoms with E-state index in [0.29, 0.717) is 10.8 Å². The number of nitrogen functional groups attached to an aromatic ring is 1. The molecular formula is C13H20N2S. The molecule has 0 saturated carbocycles. The fourth-order valence-corrected chi connectivity index (χ4v) is 3.48. The van der Waals surface area contributed by atoms with Crippen molar-refractivity contribution in [2.24, 2.45) is 0 Å². The predicted molar refractivity (Wildman–Crippen MR) is 74.0 cm³/mol. The molecule has 1 unspecified atom stereocenters. The van der Waals surface area contributed by atoms with Crippen LogP contribution in [-0.4, -0.2) is 16.5 Å². The van der Waals surface area contributed by atoms with E-state index in [9.17, 15) is 0 Å². The molecule has 0 spiro atoms. The highest BCUT2D eigenvalue weighted by Crippen LogP contribution is 2.37. The highest BCUT2D eigenvalue weighted by molar-refractivity contribution is 8.00. The first-order valence-electron chi connectivity index (χ1n) is 5.82. The van der Waals surface area contributed by atoms with E-state index in [1.807, 2.05) is 18.2 Å². The summed E-state index contributed by atoms with van der Waals surface area (Å²) in [6, 6.07) is 8.57. The number of hydrogen-bond donors (Lipinski definition) is 2. The SMILES string of the molecule is CC1(C)CC(Nc2ccccc2N)CCS1. The van der Waals surface area contributed by atoms with Crippen LogP contribution in [0, 0.1) is 0 Å². The monoisotopic (exact) mass is 236 g/mol. The Bertz CT molecular complexity index is 363. The number of thioether (sulfide) groups is 1. The Kier molecular flexibility index (Phi) is 3.33. The highest BCUT2D eigenvalue weighted by Gasteiger charge is 2.28. The van der Waals surface area contributed by atoms with Gasteiger partial charge in [-0.1, -0.05) is 26.0 Å². The number of anilines is 2. The molecule has 1 fully saturated rings. The van der Waals surface area contributed by atoms with E-state index in [2.05, 4.69) is 37.0 Å². The van der Waals surface area contributed by atoms with Crippen molar-refractivity contribution in [3.05, 3.63) is 24.3 Å². The summed E-state index contributed by atoms with van der Waals surface area (Å²) in [7, 11) is 0. The van der Waals surface area contributed by atoms with E-state index in [1.165, 1.54) is 18.6 Å². The van der Waals surface area contributed by atoms with Gasteiger partial charge in [0.25, 0.3) is 0 Å². The Balaban J connectivity index is 2.02. The molecule has 0 aliphatic carbocycles. The zero-order chi connectivity index (χ0) is 11.6. The number of rotatable bonds is 2. The number of benzene rings is 1. The quantitative estimate of drug-likeness (QED) is 0.773. The van der Waals surface area contributed by atoms with E-state index >= 15 is 0 Å². The molecule has 0 radical (unpaired) electrons. The van der Waals surface area contributed by atoms with E-state index < -0.39 is 0 Å². The van der Waals surface area contributed by atoms with Crippen LogP contribution in [0.2, 0.25) is 0 Å². The van der Waals surface area contributed by atoms with Crippen LogP contribution in [-0.2, 0) is 0 Å². The minimum atomic E-state index is 0.388. The van der Waals surface area contributed by atoms with Crippen LogP contribution in [0.3, 0.4) is 0 Å². The fourth-order valence-electron chi connectivity index (χ4n) is 2.20. The molecule has 88 valence electrons. The largest absolute Gasteiger partial charge is 0.397 e. The van der Waals surface area contributed by atoms with Gasteiger partial charge in [-0.25, -0.2) is 0 Å². The molecule has 2 nitrogen and oxygen atoms in total. The summed E-state index contributed by atoms with van der Waals surface area (Å²) in [6.07, 6.45) is 2.43. The third-order valence-corrected chi connectivity index (χ3v) is 4.41. The third kappa shape index (κ3) is 2.85. The van der Waals surface area contributed by atoms with Crippen LogP contribution in [0.15, 0.2) is 24.3 Å². The molecule has 0 aromatic heterocycles. The van der Waals surface area contributed by atoms with Crippen molar-refractivity contribution in [3.8, 4) is 0 Å². The summed E-state index contributed by atoms with van der Waals surface area (Å²) in [5.74, 6) is 1.23. The number of nitrogens with one attached hydrogen (secondary N) is 1. The summed E-state index contributed by atoms with van der Waals surface area (Å²) in [5, 5.41) is 3.57. The molecule has 16 heavy (non-hydrogen) atoms. The predicted octanol–water partition coefficient (Wildman–Crippen LogP) is 3.35. The van der Waals surface area contributed by atoms with Crippen LogP contribution >= 0.6 is 11.8 Å². The molecule has 1 aliphatic rings. The molecule has 1 aliphatic heterocycles. The second-order valence-corrected chi connectivity index (χ2v) is 6.83. The average molecular weight is 236 g/mol. The van der Waals surface area contributed by atoms with Gasteiger partial charge in [-0.2, -0.15) is 11.8 Å². The second kappa shape index (κ2) is 4.58. The summed E-state index contributed by atoms with van der Waals surface area (Å²) in [5.41, 5.74) is 7.86. The average Bonchev–Trinajstić information content (AvgIpc) is 2.20. The van der Waals surface area contributed by atoms with Gasteiger partial charge in [0.1, 0.15) is 0 Å². The van der Waals surface area contributed by atoms with Crippen molar-refractivity contribution in [3.63, 3.8) is 0 Å². The summed E-state index contributed by atoms with van der Waals surface area (Å²) < 4.78 is 0.388. The maximum atomic E-state index is 5.94. The smallest absolute Gasteiger partial charge is 0.0576 e. The zero-order valence-electron chi connectivity index (χ0n) is 9.99. The molecule has 0 amide bonds. The molecular weight excluding hydrogens is 216 g/mol. The van der Waals surface area contributed by atoms with Crippen molar-refractivity contribution in [1.82, 2.24) is 0 Å². The Labute approximate surface area is 102 Å². The second-order valence-electron chi connectivity index (χ2n) is 5.03. The van der Waals surface area contributed by atoms with Gasteiger partial charge in [-0.05, 0) is 30.7 Å². The molecule has 0 bridgehead atoms. The number of para-hydroxylation sites is 2. The van der Waals surface area contributed by atoms with Gasteiger partial charge in [0.05, 0.1) is 11.4 Å². The van der Waals surface area contributed by atoms with Crippen LogP contribution in [0.25, 0.3) is 0 Å². The highest BCUT2D eigenvalue weighted by atomic mass is 32.2. The number of nitrogens with two attached hydrogens (primary N) is 1. The summed E-state index contributed by atoms with van der Waals surface area (Å²) in [4.78, 5) is 0. The molecule has 1 saturated heterocycles. The van der Waals surface area contributed by atoms with Gasteiger partial charge in [-0.3, -0.25) is 0 Å². The van der Waals surface area contributed by atoms with Crippen molar-refractivity contribution in [1.29, 1.82) is 0 Å². The van der Waals surface area contributed by atoms with Crippen LogP contribution in [0.1, 0.15) is 26.7 Å². The lowest BCUT2D eigenvalue weighted by Crippen LogP contribution is -2.34. The maximum Gasteiger partial charge on any atom is 0.0576 e. The first kappa shape index (κ1) is 11.6. The maximum absolute atomic E-state index is 5.94. The Hall–Kier alpha value is -0.830. The first-order chi connectivity index (χ1) is 7.57. The van der Waals surface area contributed by atoms with Crippen LogP contribution < -0.4 is 11.1 Å². The lowest BCUT2D eigenvalue weighted by Gasteiger charge is -2.35. The minimum Gasteiger partial charge on any atom is -0.397 e. The summed E-state index contributed by atoms with van der Waals surface area (Å²) in [6.45, 7) is 4.64. The first-order valence-corrected chi connectivity index (χ1v) is 6.80. The van der Waals surface area contributed by atoms with E-state index in [4.69, 9.17) is 5.73 Å². The van der Waals surface area contributed by atoms with E-state index in [0.717, 1.165) is 11.4 Å².